The molecule has 0 aromatic carbocycles. The number of nitrogens with zero attached hydrogens (tertiary/aromatic N) is 2. The maximum atomic E-state index is 11.1. The molecule has 3 N–H and O–H groups in total. The van der Waals surface area contributed by atoms with Gasteiger partial charge in [-0.05, 0) is 6.26 Å². The number of rotatable bonds is 5. The van der Waals surface area contributed by atoms with E-state index >= 15 is 0 Å². The average Bonchev–Trinajstić information content (AvgIpc) is 2.72. The van der Waals surface area contributed by atoms with E-state index in [2.05, 4.69) is 15.6 Å². The van der Waals surface area contributed by atoms with E-state index in [1.807, 2.05) is 13.2 Å². The molecule has 5 nitrogen and oxygen atoms in total. The second-order valence-corrected chi connectivity index (χ2v) is 6.06. The summed E-state index contributed by atoms with van der Waals surface area (Å²) in [7, 11) is 0. The molecule has 0 fully saturated rings. The summed E-state index contributed by atoms with van der Waals surface area (Å²) in [6, 6.07) is 0. The van der Waals surface area contributed by atoms with E-state index in [1.165, 1.54) is 23.1 Å². The number of hydrogen-bond acceptors (Lipinski definition) is 7. The lowest BCUT2D eigenvalue weighted by atomic mass is 10.2. The summed E-state index contributed by atoms with van der Waals surface area (Å²) in [5.41, 5.74) is 2.13. The lowest BCUT2D eigenvalue weighted by Gasteiger charge is -2.06. The molecule has 15 heavy (non-hydrogen) atoms. The first-order valence-electron chi connectivity index (χ1n) is 4.18. The topological polar surface area (TPSA) is 80.9 Å². The van der Waals surface area contributed by atoms with Gasteiger partial charge in [-0.15, -0.1) is 10.2 Å². The second-order valence-electron chi connectivity index (χ2n) is 2.76. The van der Waals surface area contributed by atoms with Gasteiger partial charge in [-0.2, -0.15) is 0 Å². The van der Waals surface area contributed by atoms with Crippen LogP contribution in [-0.2, 0) is 4.79 Å². The Morgan fingerprint density at radius 1 is 1.60 bits per heavy atom. The predicted octanol–water partition coefficient (Wildman–Crippen LogP) is 0.978. The minimum atomic E-state index is -0.155. The van der Waals surface area contributed by atoms with E-state index in [-0.39, 0.29) is 11.8 Å². The highest BCUT2D eigenvalue weighted by Gasteiger charge is 2.13. The molecule has 1 rings (SSSR count). The molecule has 1 heterocycles. The Hall–Kier alpha value is -0.310. The van der Waals surface area contributed by atoms with Crippen molar-refractivity contribution in [3.63, 3.8) is 0 Å². The van der Waals surface area contributed by atoms with Gasteiger partial charge in [0.05, 0.1) is 0 Å². The van der Waals surface area contributed by atoms with Crippen LogP contribution in [0.1, 0.15) is 6.92 Å². The van der Waals surface area contributed by atoms with Gasteiger partial charge >= 0.3 is 0 Å². The molecule has 0 aliphatic carbocycles. The molecule has 1 unspecified atom stereocenters. The van der Waals surface area contributed by atoms with Crippen molar-refractivity contribution in [2.75, 3.05) is 12.0 Å². The predicted molar refractivity (Wildman–Crippen MR) is 63.9 cm³/mol. The Balaban J connectivity index is 2.39. The number of nitrogens with one attached hydrogen (secondary N) is 1. The Morgan fingerprint density at radius 2 is 2.27 bits per heavy atom. The number of amides is 1. The molecule has 0 bridgehead atoms. The van der Waals surface area contributed by atoms with E-state index in [9.17, 15) is 4.79 Å². The number of aromatic nitrogens is 2. The molecule has 0 spiro atoms. The fraction of sp³-hybridized carbons (Fsp3) is 0.571. The first-order valence-corrected chi connectivity index (χ1v) is 7.20. The Labute approximate surface area is 101 Å². The van der Waals surface area contributed by atoms with Gasteiger partial charge in [-0.3, -0.25) is 10.2 Å². The SMILES string of the molecule is CSc1nnc(SCC(C)C(=O)NN)s1. The average molecular weight is 264 g/mol. The highest BCUT2D eigenvalue weighted by molar-refractivity contribution is 8.02. The van der Waals surface area contributed by atoms with Crippen LogP contribution in [0.2, 0.25) is 0 Å². The van der Waals surface area contributed by atoms with Gasteiger partial charge in [0.1, 0.15) is 0 Å². The highest BCUT2D eigenvalue weighted by atomic mass is 32.2. The summed E-state index contributed by atoms with van der Waals surface area (Å²) >= 11 is 4.63. The van der Waals surface area contributed by atoms with Crippen molar-refractivity contribution < 1.29 is 4.79 Å². The number of carbonyl (C=O) groups is 1. The maximum absolute atomic E-state index is 11.1. The second kappa shape index (κ2) is 6.31. The minimum Gasteiger partial charge on any atom is -0.294 e. The fourth-order valence-electron chi connectivity index (χ4n) is 0.752. The first kappa shape index (κ1) is 12.8. The number of hydrazine groups is 1. The third kappa shape index (κ3) is 3.98. The van der Waals surface area contributed by atoms with Gasteiger partial charge < -0.3 is 0 Å². The summed E-state index contributed by atoms with van der Waals surface area (Å²) in [6.07, 6.45) is 1.96. The van der Waals surface area contributed by atoms with Crippen LogP contribution < -0.4 is 11.3 Å². The summed E-state index contributed by atoms with van der Waals surface area (Å²) in [5, 5.41) is 7.95. The van der Waals surface area contributed by atoms with Crippen molar-refractivity contribution in [2.24, 2.45) is 11.8 Å². The molecule has 84 valence electrons. The fourth-order valence-corrected chi connectivity index (χ4v) is 3.23. The van der Waals surface area contributed by atoms with Crippen molar-refractivity contribution in [3.05, 3.63) is 0 Å². The lowest BCUT2D eigenvalue weighted by molar-refractivity contribution is -0.123. The van der Waals surface area contributed by atoms with Crippen molar-refractivity contribution in [1.29, 1.82) is 0 Å². The van der Waals surface area contributed by atoms with Gasteiger partial charge in [0.25, 0.3) is 0 Å². The van der Waals surface area contributed by atoms with Crippen LogP contribution in [0.25, 0.3) is 0 Å². The van der Waals surface area contributed by atoms with Gasteiger partial charge in [-0.25, -0.2) is 5.84 Å². The minimum absolute atomic E-state index is 0.123. The van der Waals surface area contributed by atoms with Crippen LogP contribution in [-0.4, -0.2) is 28.1 Å². The smallest absolute Gasteiger partial charge is 0.237 e. The van der Waals surface area contributed by atoms with Crippen LogP contribution in [0.5, 0.6) is 0 Å². The zero-order chi connectivity index (χ0) is 11.3. The molecule has 1 atom stereocenters. The lowest BCUT2D eigenvalue weighted by Crippen LogP contribution is -2.35. The third-order valence-electron chi connectivity index (χ3n) is 1.61. The van der Waals surface area contributed by atoms with Crippen LogP contribution in [0.3, 0.4) is 0 Å². The van der Waals surface area contributed by atoms with E-state index in [4.69, 9.17) is 5.84 Å². The Morgan fingerprint density at radius 3 is 2.80 bits per heavy atom. The molecule has 1 aromatic heterocycles. The molecule has 0 saturated carbocycles. The van der Waals surface area contributed by atoms with Crippen LogP contribution >= 0.6 is 34.9 Å². The highest BCUT2D eigenvalue weighted by Crippen LogP contribution is 2.28. The first-order chi connectivity index (χ1) is 7.17. The summed E-state index contributed by atoms with van der Waals surface area (Å²) in [6.45, 7) is 1.83. The molecular weight excluding hydrogens is 252 g/mol. The molecule has 8 heteroatoms. The largest absolute Gasteiger partial charge is 0.294 e. The number of nitrogens with two attached hydrogens (primary N) is 1. The van der Waals surface area contributed by atoms with Crippen molar-refractivity contribution in [2.45, 2.75) is 15.6 Å². The molecule has 0 aliphatic rings. The maximum Gasteiger partial charge on any atom is 0.237 e. The van der Waals surface area contributed by atoms with E-state index < -0.39 is 0 Å². The monoisotopic (exact) mass is 264 g/mol. The van der Waals surface area contributed by atoms with Gasteiger partial charge in [-0.1, -0.05) is 41.8 Å². The summed E-state index contributed by atoms with van der Waals surface area (Å²) in [4.78, 5) is 11.1. The van der Waals surface area contributed by atoms with Crippen LogP contribution in [0, 0.1) is 5.92 Å². The van der Waals surface area contributed by atoms with Crippen molar-refractivity contribution in [3.8, 4) is 0 Å². The quantitative estimate of drug-likeness (QED) is 0.357. The van der Waals surface area contributed by atoms with Crippen LogP contribution in [0.15, 0.2) is 8.68 Å². The molecule has 0 radical (unpaired) electrons. The third-order valence-corrected chi connectivity index (χ3v) is 4.90. The molecule has 0 saturated heterocycles. The van der Waals surface area contributed by atoms with Crippen LogP contribution in [0.4, 0.5) is 0 Å². The Bertz CT molecular complexity index is 330. The van der Waals surface area contributed by atoms with Crippen molar-refractivity contribution in [1.82, 2.24) is 15.6 Å². The van der Waals surface area contributed by atoms with Gasteiger partial charge in [0.15, 0.2) is 8.68 Å². The Kier molecular flexibility index (Phi) is 5.37. The summed E-state index contributed by atoms with van der Waals surface area (Å²) < 4.78 is 1.82. The number of carbonyl (C=O) groups excluding carboxylic acids is 1. The standard InChI is InChI=1S/C7H12N4OS3/c1-4(5(12)9-8)3-14-7-11-10-6(13-2)15-7/h4H,3,8H2,1-2H3,(H,9,12). The summed E-state index contributed by atoms with van der Waals surface area (Å²) in [5.74, 6) is 5.41. The molecule has 1 amide bonds. The normalized spacial score (nSPS) is 12.5. The zero-order valence-electron chi connectivity index (χ0n) is 8.39. The van der Waals surface area contributed by atoms with E-state index in [1.54, 1.807) is 11.8 Å². The van der Waals surface area contributed by atoms with Gasteiger partial charge in [0, 0.05) is 11.7 Å². The number of thioether (sulfide) groups is 2. The van der Waals surface area contributed by atoms with Crippen molar-refractivity contribution >= 4 is 40.8 Å². The molecule has 1 aromatic rings. The van der Waals surface area contributed by atoms with E-state index in [0.717, 1.165) is 8.68 Å². The molecular formula is C7H12N4OS3. The van der Waals surface area contributed by atoms with E-state index in [0.29, 0.717) is 5.75 Å². The zero-order valence-corrected chi connectivity index (χ0v) is 10.8. The van der Waals surface area contributed by atoms with Gasteiger partial charge in [0.2, 0.25) is 5.91 Å². The molecule has 0 aliphatic heterocycles. The number of hydrogen-bond donors (Lipinski definition) is 2.